The number of methoxy groups -OCH3 is 5. The number of rotatable bonds is 14. The van der Waals surface area contributed by atoms with E-state index >= 15 is 4.39 Å². The molecule has 4 rings (SSSR count). The van der Waals surface area contributed by atoms with Gasteiger partial charge in [-0.1, -0.05) is 12.1 Å². The highest BCUT2D eigenvalue weighted by molar-refractivity contribution is 6.11. The van der Waals surface area contributed by atoms with Gasteiger partial charge in [0.05, 0.1) is 32.9 Å². The van der Waals surface area contributed by atoms with E-state index in [1.165, 1.54) is 78.0 Å². The van der Waals surface area contributed by atoms with Gasteiger partial charge >= 0.3 is 12.1 Å². The number of carbonyl (C=O) groups is 4. The van der Waals surface area contributed by atoms with Crippen molar-refractivity contribution in [1.82, 2.24) is 5.32 Å². The van der Waals surface area contributed by atoms with Gasteiger partial charge in [-0.05, 0) is 41.8 Å². The van der Waals surface area contributed by atoms with Crippen LogP contribution in [0.3, 0.4) is 0 Å². The van der Waals surface area contributed by atoms with E-state index in [0.717, 1.165) is 6.07 Å². The lowest BCUT2D eigenvalue weighted by molar-refractivity contribution is -1.03. The van der Waals surface area contributed by atoms with E-state index in [0.29, 0.717) is 19.3 Å². The molecule has 0 bridgehead atoms. The van der Waals surface area contributed by atoms with E-state index in [-0.39, 0.29) is 77.7 Å². The molecule has 51 heavy (non-hydrogen) atoms. The number of likely N-dealkylation sites (tertiary alicyclic amines) is 1. The molecule has 1 aliphatic heterocycles. The van der Waals surface area contributed by atoms with Crippen LogP contribution in [-0.4, -0.2) is 102 Å². The topological polar surface area (TPSA) is 174 Å². The van der Waals surface area contributed by atoms with Crippen LogP contribution in [0.4, 0.5) is 9.18 Å². The normalized spacial score (nSPS) is 17.0. The third-order valence-corrected chi connectivity index (χ3v) is 8.03. The van der Waals surface area contributed by atoms with Crippen molar-refractivity contribution in [2.24, 2.45) is 0 Å². The van der Waals surface area contributed by atoms with Crippen LogP contribution in [0.2, 0.25) is 0 Å². The lowest BCUT2D eigenvalue weighted by atomic mass is 10.0. The molecule has 2 atom stereocenters. The Balaban J connectivity index is 1.52. The summed E-state index contributed by atoms with van der Waals surface area (Å²) in [5.74, 6) is -2.49. The quantitative estimate of drug-likeness (QED) is 0.135. The molecule has 3 aromatic carbocycles. The summed E-state index contributed by atoms with van der Waals surface area (Å²) < 4.78 is 50.5. The number of ketones is 1. The summed E-state index contributed by atoms with van der Waals surface area (Å²) in [6.07, 6.45) is -0.0961. The molecular formula is C35H40FN2O13+. The summed E-state index contributed by atoms with van der Waals surface area (Å²) in [5, 5.41) is 13.2. The summed E-state index contributed by atoms with van der Waals surface area (Å²) in [6.45, 7) is -0.676. The molecule has 0 aliphatic carbocycles. The number of hydrogen-bond donors (Lipinski definition) is 2. The van der Waals surface area contributed by atoms with Crippen molar-refractivity contribution in [1.29, 1.82) is 0 Å². The Hall–Kier alpha value is -5.45. The van der Waals surface area contributed by atoms with Crippen molar-refractivity contribution in [2.45, 2.75) is 25.3 Å². The minimum Gasteiger partial charge on any atom is -0.497 e. The molecule has 1 aliphatic rings. The highest BCUT2D eigenvalue weighted by atomic mass is 19.1. The van der Waals surface area contributed by atoms with Crippen molar-refractivity contribution in [3.05, 3.63) is 76.6 Å². The molecule has 3 aromatic rings. The third-order valence-electron chi connectivity index (χ3n) is 8.03. The van der Waals surface area contributed by atoms with Crippen LogP contribution in [0.15, 0.2) is 48.5 Å². The zero-order chi connectivity index (χ0) is 37.1. The number of carboxylic acid groups (broad SMARTS) is 1. The fourth-order valence-corrected chi connectivity index (χ4v) is 5.50. The zero-order valence-electron chi connectivity index (χ0n) is 28.8. The minimum atomic E-state index is -1.43. The molecular weight excluding hydrogens is 675 g/mol. The van der Waals surface area contributed by atoms with Crippen molar-refractivity contribution in [3.63, 3.8) is 0 Å². The number of benzene rings is 3. The van der Waals surface area contributed by atoms with Gasteiger partial charge in [0.15, 0.2) is 37.4 Å². The molecule has 0 aromatic heterocycles. The Morgan fingerprint density at radius 2 is 1.43 bits per heavy atom. The van der Waals surface area contributed by atoms with Crippen LogP contribution in [0, 0.1) is 5.82 Å². The summed E-state index contributed by atoms with van der Waals surface area (Å²) in [5.41, 5.74) is -0.256. The van der Waals surface area contributed by atoms with Crippen molar-refractivity contribution >= 4 is 23.8 Å². The maximum Gasteiger partial charge on any atom is 0.556 e. The van der Waals surface area contributed by atoms with Crippen molar-refractivity contribution in [3.8, 4) is 28.7 Å². The predicted octanol–water partition coefficient (Wildman–Crippen LogP) is 4.60. The van der Waals surface area contributed by atoms with Gasteiger partial charge in [0.2, 0.25) is 5.75 Å². The standard InChI is InChI=1S/C35H39FN2O13/c1-44-19-49-27-17-25(46-3)16-26(36)30(27)31(39)21-9-11-22(12-10-21)34(41)51-38(35(42)43)13-7-6-8-24(18-38)37-33(40)23-14-28(47-4)32(50-20-45-2)29(15-23)48-5/h9-12,14-17,24H,6-8,13,18-20H2,1-5H3,(H-,37,40,42,43)/p+1. The SMILES string of the molecule is COCOc1cc(OC)cc(F)c1C(=O)c1ccc(C(=O)O[N+]2(C(=O)O)CCCCC(NC(=O)c3cc(OC)c(OCOC)c(OC)c3)C2)cc1. The Labute approximate surface area is 293 Å². The van der Waals surface area contributed by atoms with Gasteiger partial charge in [-0.15, -0.1) is 0 Å². The molecule has 1 heterocycles. The van der Waals surface area contributed by atoms with Crippen LogP contribution < -0.4 is 29.0 Å². The Kier molecular flexibility index (Phi) is 13.1. The average molecular weight is 716 g/mol. The predicted molar refractivity (Wildman–Crippen MR) is 176 cm³/mol. The second-order valence-electron chi connectivity index (χ2n) is 11.3. The van der Waals surface area contributed by atoms with Crippen LogP contribution in [-0.2, 0) is 14.3 Å². The van der Waals surface area contributed by atoms with E-state index in [9.17, 15) is 24.3 Å². The van der Waals surface area contributed by atoms with E-state index in [2.05, 4.69) is 5.32 Å². The number of halogens is 1. The van der Waals surface area contributed by atoms with Crippen LogP contribution >= 0.6 is 0 Å². The number of nitrogens with zero attached hydrogens (tertiary/aromatic N) is 1. The molecule has 1 saturated heterocycles. The monoisotopic (exact) mass is 715 g/mol. The smallest absolute Gasteiger partial charge is 0.497 e. The van der Waals surface area contributed by atoms with Crippen molar-refractivity contribution < 1.29 is 71.3 Å². The number of amides is 2. The van der Waals surface area contributed by atoms with Gasteiger partial charge in [-0.2, -0.15) is 4.79 Å². The van der Waals surface area contributed by atoms with Crippen LogP contribution in [0.25, 0.3) is 0 Å². The first kappa shape index (κ1) is 38.4. The maximum atomic E-state index is 15.0. The summed E-state index contributed by atoms with van der Waals surface area (Å²) in [6, 6.07) is 9.67. The Morgan fingerprint density at radius 3 is 2.02 bits per heavy atom. The molecule has 274 valence electrons. The zero-order valence-corrected chi connectivity index (χ0v) is 28.8. The molecule has 0 spiro atoms. The molecule has 16 heteroatoms. The summed E-state index contributed by atoms with van der Waals surface area (Å²) in [4.78, 5) is 58.4. The van der Waals surface area contributed by atoms with Gasteiger partial charge in [0.1, 0.15) is 29.4 Å². The number of nitrogens with one attached hydrogen (secondary N) is 1. The fraction of sp³-hybridized carbons (Fsp3) is 0.371. The highest BCUT2D eigenvalue weighted by Gasteiger charge is 2.47. The summed E-state index contributed by atoms with van der Waals surface area (Å²) in [7, 11) is 6.95. The third kappa shape index (κ3) is 9.02. The lowest BCUT2D eigenvalue weighted by Gasteiger charge is -2.30. The fourth-order valence-electron chi connectivity index (χ4n) is 5.50. The highest BCUT2D eigenvalue weighted by Crippen LogP contribution is 2.39. The van der Waals surface area contributed by atoms with E-state index < -0.39 is 40.3 Å². The summed E-state index contributed by atoms with van der Waals surface area (Å²) >= 11 is 0. The number of ether oxygens (including phenoxy) is 7. The number of hydrogen-bond acceptors (Lipinski definition) is 12. The van der Waals surface area contributed by atoms with E-state index in [1.54, 1.807) is 0 Å². The van der Waals surface area contributed by atoms with E-state index in [1.807, 2.05) is 0 Å². The number of quaternary nitrogens is 1. The number of hydroxylamine groups is 3. The van der Waals surface area contributed by atoms with Gasteiger partial charge in [-0.3, -0.25) is 14.4 Å². The van der Waals surface area contributed by atoms with E-state index in [4.69, 9.17) is 38.0 Å². The first-order valence-electron chi connectivity index (χ1n) is 15.7. The molecule has 1 fully saturated rings. The molecule has 2 unspecified atom stereocenters. The van der Waals surface area contributed by atoms with Crippen LogP contribution in [0.1, 0.15) is 55.9 Å². The number of carbonyl (C=O) groups excluding carboxylic acids is 3. The van der Waals surface area contributed by atoms with Gasteiger partial charge in [-0.25, -0.2) is 9.18 Å². The van der Waals surface area contributed by atoms with Gasteiger partial charge in [0, 0.05) is 43.9 Å². The van der Waals surface area contributed by atoms with Gasteiger partial charge in [0.25, 0.3) is 5.91 Å². The molecule has 15 nitrogen and oxygen atoms in total. The molecule has 0 saturated carbocycles. The first-order chi connectivity index (χ1) is 24.5. The second-order valence-corrected chi connectivity index (χ2v) is 11.3. The second kappa shape index (κ2) is 17.5. The van der Waals surface area contributed by atoms with Gasteiger partial charge < -0.3 is 43.6 Å². The molecule has 2 N–H and O–H groups in total. The largest absolute Gasteiger partial charge is 0.556 e. The molecule has 0 radical (unpaired) electrons. The molecule has 2 amide bonds. The minimum absolute atomic E-state index is 0.0177. The average Bonchev–Trinajstić information content (AvgIpc) is 3.34. The Bertz CT molecular complexity index is 1710. The first-order valence-corrected chi connectivity index (χ1v) is 15.7. The lowest BCUT2D eigenvalue weighted by Crippen LogP contribution is -2.58. The van der Waals surface area contributed by atoms with Crippen LogP contribution in [0.5, 0.6) is 28.7 Å². The maximum absolute atomic E-state index is 15.0. The van der Waals surface area contributed by atoms with Crippen molar-refractivity contribution in [2.75, 3.05) is 62.2 Å². The Morgan fingerprint density at radius 1 is 0.804 bits per heavy atom.